The number of aryl methyl sites for hydroxylation is 3. The lowest BCUT2D eigenvalue weighted by Crippen LogP contribution is -2.70. The van der Waals surface area contributed by atoms with Gasteiger partial charge < -0.3 is 0 Å². The van der Waals surface area contributed by atoms with Gasteiger partial charge in [-0.2, -0.15) is 9.13 Å². The van der Waals surface area contributed by atoms with Crippen molar-refractivity contribution in [1.82, 2.24) is 0 Å². The fraction of sp³-hybridized carbons (Fsp3) is 0.476. The molecule has 1 saturated carbocycles. The molecule has 0 amide bonds. The van der Waals surface area contributed by atoms with Gasteiger partial charge in [0.05, 0.1) is 17.4 Å². The first-order valence-corrected chi connectivity index (χ1v) is 17.7. The third-order valence-corrected chi connectivity index (χ3v) is 12.4. The fourth-order valence-corrected chi connectivity index (χ4v) is 9.68. The minimum atomic E-state index is -0.0289. The lowest BCUT2D eigenvalue weighted by atomic mass is 9.58. The molecule has 2 bridgehead atoms. The number of rotatable bonds is 9. The molecule has 1 aliphatic heterocycles. The number of benzene rings is 2. The maximum absolute atomic E-state index is 2.68. The van der Waals surface area contributed by atoms with Crippen LogP contribution in [0, 0.1) is 6.92 Å². The number of nitrogens with zero attached hydrogens (tertiary/aromatic N) is 2. The van der Waals surface area contributed by atoms with E-state index in [1.165, 1.54) is 78.6 Å². The van der Waals surface area contributed by atoms with Crippen LogP contribution < -0.4 is 9.13 Å². The lowest BCUT2D eigenvalue weighted by molar-refractivity contribution is -0.782. The van der Waals surface area contributed by atoms with Crippen LogP contribution in [0.2, 0.25) is 0 Å². The van der Waals surface area contributed by atoms with E-state index in [-0.39, 0.29) is 11.0 Å². The Bertz CT molecular complexity index is 1680. The van der Waals surface area contributed by atoms with Crippen LogP contribution >= 0.6 is 0 Å². The summed E-state index contributed by atoms with van der Waals surface area (Å²) in [5.41, 5.74) is 13.4. The quantitative estimate of drug-likeness (QED) is 0.173. The molecule has 228 valence electrons. The summed E-state index contributed by atoms with van der Waals surface area (Å²) in [5.74, 6) is 1.55. The molecule has 0 N–H and O–H groups in total. The normalized spacial score (nSPS) is 24.9. The summed E-state index contributed by atoms with van der Waals surface area (Å²) in [6, 6.07) is 26.2. The molecule has 3 aliphatic carbocycles. The second-order valence-electron chi connectivity index (χ2n) is 14.4. The van der Waals surface area contributed by atoms with Gasteiger partial charge in [0, 0.05) is 36.2 Å². The van der Waals surface area contributed by atoms with E-state index in [4.69, 9.17) is 0 Å². The van der Waals surface area contributed by atoms with Crippen LogP contribution in [0.3, 0.4) is 0 Å². The van der Waals surface area contributed by atoms with Crippen molar-refractivity contribution in [2.75, 3.05) is 0 Å². The van der Waals surface area contributed by atoms with Gasteiger partial charge in [-0.3, -0.25) is 0 Å². The smallest absolute Gasteiger partial charge is 0.198 e. The van der Waals surface area contributed by atoms with Crippen molar-refractivity contribution in [2.45, 2.75) is 128 Å². The van der Waals surface area contributed by atoms with Gasteiger partial charge in [-0.1, -0.05) is 45.4 Å². The first kappa shape index (κ1) is 29.5. The molecular weight excluding hydrogens is 532 g/mol. The first-order valence-electron chi connectivity index (χ1n) is 17.7. The minimum absolute atomic E-state index is 0.0226. The molecular formula is C42H52N2+2. The number of fused-ring (bicyclic) bond motifs is 5. The van der Waals surface area contributed by atoms with Gasteiger partial charge in [-0.25, -0.2) is 0 Å². The van der Waals surface area contributed by atoms with Crippen molar-refractivity contribution < 1.29 is 9.13 Å². The average molecular weight is 585 g/mol. The van der Waals surface area contributed by atoms with E-state index in [9.17, 15) is 0 Å². The highest BCUT2D eigenvalue weighted by Gasteiger charge is 2.59. The van der Waals surface area contributed by atoms with Crippen LogP contribution in [-0.4, -0.2) is 0 Å². The largest absolute Gasteiger partial charge is 0.213 e. The molecule has 0 saturated heterocycles. The van der Waals surface area contributed by atoms with Crippen LogP contribution in [0.15, 0.2) is 79.1 Å². The molecule has 2 nitrogen and oxygen atoms in total. The Balaban J connectivity index is 1.30. The van der Waals surface area contributed by atoms with Gasteiger partial charge >= 0.3 is 0 Å². The number of hydrogen-bond donors (Lipinski definition) is 0. The maximum atomic E-state index is 2.68. The highest BCUT2D eigenvalue weighted by atomic mass is 15.1. The maximum Gasteiger partial charge on any atom is 0.213 e. The Hall–Kier alpha value is -3.26. The monoisotopic (exact) mass is 584 g/mol. The van der Waals surface area contributed by atoms with Crippen molar-refractivity contribution in [3.8, 4) is 22.5 Å². The number of aromatic nitrogens is 2. The Kier molecular flexibility index (Phi) is 7.76. The van der Waals surface area contributed by atoms with Crippen molar-refractivity contribution in [3.63, 3.8) is 0 Å². The summed E-state index contributed by atoms with van der Waals surface area (Å²) >= 11 is 0. The highest BCUT2D eigenvalue weighted by Crippen LogP contribution is 2.52. The Morgan fingerprint density at radius 3 is 2.16 bits per heavy atom. The molecule has 4 aromatic rings. The van der Waals surface area contributed by atoms with Crippen molar-refractivity contribution in [1.29, 1.82) is 0 Å². The summed E-state index contributed by atoms with van der Waals surface area (Å²) < 4.78 is 5.24. The Morgan fingerprint density at radius 1 is 0.750 bits per heavy atom. The van der Waals surface area contributed by atoms with E-state index in [2.05, 4.69) is 123 Å². The average Bonchev–Trinajstić information content (AvgIpc) is 3.08. The number of unbranched alkanes of at least 4 members (excludes halogenated alkanes) is 1. The summed E-state index contributed by atoms with van der Waals surface area (Å²) in [4.78, 5) is 0. The third-order valence-electron chi connectivity index (χ3n) is 12.4. The Labute approximate surface area is 266 Å². The van der Waals surface area contributed by atoms with Gasteiger partial charge in [-0.15, -0.1) is 0 Å². The second kappa shape index (κ2) is 11.6. The fourth-order valence-electron chi connectivity index (χ4n) is 9.68. The molecule has 2 aromatic heterocycles. The minimum Gasteiger partial charge on any atom is -0.198 e. The van der Waals surface area contributed by atoms with Crippen LogP contribution in [0.4, 0.5) is 0 Å². The van der Waals surface area contributed by atoms with Crippen LogP contribution in [0.25, 0.3) is 22.5 Å². The van der Waals surface area contributed by atoms with Crippen molar-refractivity contribution in [3.05, 3.63) is 107 Å². The number of hydrogen-bond acceptors (Lipinski definition) is 0. The molecule has 1 fully saturated rings. The third kappa shape index (κ3) is 4.50. The van der Waals surface area contributed by atoms with Crippen molar-refractivity contribution >= 4 is 0 Å². The SMILES string of the molecule is CCCCc1ccc2c(c1)C(C)(CC)C(CC)(CC[n+]1ccccc1-c1cc3c(cc1C)C1CCC3CC1)[n+]1ccccc1-2. The van der Waals surface area contributed by atoms with Gasteiger partial charge in [0.15, 0.2) is 24.5 Å². The molecule has 2 unspecified atom stereocenters. The zero-order chi connectivity index (χ0) is 30.5. The molecule has 0 spiro atoms. The summed E-state index contributed by atoms with van der Waals surface area (Å²) in [5, 5.41) is 0. The molecule has 8 rings (SSSR count). The van der Waals surface area contributed by atoms with Gasteiger partial charge in [0.2, 0.25) is 11.4 Å². The van der Waals surface area contributed by atoms with E-state index in [0.29, 0.717) is 0 Å². The summed E-state index contributed by atoms with van der Waals surface area (Å²) in [6.07, 6.45) is 17.2. The topological polar surface area (TPSA) is 7.76 Å². The zero-order valence-electron chi connectivity index (χ0n) is 27.8. The van der Waals surface area contributed by atoms with E-state index < -0.39 is 0 Å². The molecule has 3 heterocycles. The first-order chi connectivity index (χ1) is 21.4. The summed E-state index contributed by atoms with van der Waals surface area (Å²) in [7, 11) is 0. The van der Waals surface area contributed by atoms with Crippen LogP contribution in [0.1, 0.15) is 125 Å². The van der Waals surface area contributed by atoms with Crippen LogP contribution in [-0.2, 0) is 23.9 Å². The van der Waals surface area contributed by atoms with E-state index >= 15 is 0 Å². The van der Waals surface area contributed by atoms with Crippen LogP contribution in [0.5, 0.6) is 0 Å². The molecule has 0 radical (unpaired) electrons. The number of pyridine rings is 2. The molecule has 44 heavy (non-hydrogen) atoms. The van der Waals surface area contributed by atoms with Gasteiger partial charge in [-0.05, 0) is 123 Å². The zero-order valence-corrected chi connectivity index (χ0v) is 27.8. The molecule has 2 atom stereocenters. The predicted molar refractivity (Wildman–Crippen MR) is 182 cm³/mol. The predicted octanol–water partition coefficient (Wildman–Crippen LogP) is 9.88. The lowest BCUT2D eigenvalue weighted by Gasteiger charge is -2.47. The molecule has 4 aliphatic rings. The van der Waals surface area contributed by atoms with Gasteiger partial charge in [0.25, 0.3) is 0 Å². The standard InChI is InChI=1S/C42H52N2/c1-6-9-14-31-17-22-34-38(28-31)41(5,7-2)42(8-3,44-25-13-11-16-40(34)44)23-26-43-24-12-10-15-39(43)35-29-37-33-20-18-32(19-21-33)36(37)27-30(35)4/h10-13,15-17,22,24-25,27-29,32-33H,6-9,14,18-21,23,26H2,1-5H3/q+2. The van der Waals surface area contributed by atoms with E-state index in [1.807, 2.05) is 0 Å². The Morgan fingerprint density at radius 2 is 1.45 bits per heavy atom. The van der Waals surface area contributed by atoms with E-state index in [1.54, 1.807) is 16.7 Å². The molecule has 2 heteroatoms. The molecule has 2 aromatic carbocycles. The van der Waals surface area contributed by atoms with Crippen molar-refractivity contribution in [2.24, 2.45) is 0 Å². The van der Waals surface area contributed by atoms with Gasteiger partial charge in [0.1, 0.15) is 0 Å². The highest BCUT2D eigenvalue weighted by molar-refractivity contribution is 5.67. The summed E-state index contributed by atoms with van der Waals surface area (Å²) in [6.45, 7) is 13.1. The van der Waals surface area contributed by atoms with E-state index in [0.717, 1.165) is 37.6 Å². The second-order valence-corrected chi connectivity index (χ2v) is 14.4.